The van der Waals surface area contributed by atoms with Crippen LogP contribution in [0.1, 0.15) is 11.3 Å². The molecule has 0 aliphatic heterocycles. The Hall–Kier alpha value is -1.54. The molecule has 0 aliphatic carbocycles. The van der Waals surface area contributed by atoms with Gasteiger partial charge in [0.2, 0.25) is 0 Å². The number of halogens is 1. The zero-order valence-electron chi connectivity index (χ0n) is 8.98. The van der Waals surface area contributed by atoms with Crippen molar-refractivity contribution in [1.29, 1.82) is 0 Å². The zero-order chi connectivity index (χ0) is 11.5. The fourth-order valence-corrected chi connectivity index (χ4v) is 1.72. The van der Waals surface area contributed by atoms with E-state index in [1.807, 2.05) is 37.3 Å². The van der Waals surface area contributed by atoms with Crippen LogP contribution >= 0.6 is 11.6 Å². The standard InChI is InChI=1S/C13H12ClNO/c1-10-3-2-4-13(16)15(10)9-11-5-7-12(14)8-6-11/h2-8H,9H2,1H3. The maximum Gasteiger partial charge on any atom is 0.251 e. The van der Waals surface area contributed by atoms with Gasteiger partial charge in [0.1, 0.15) is 0 Å². The van der Waals surface area contributed by atoms with Crippen molar-refractivity contribution >= 4 is 11.6 Å². The Kier molecular flexibility index (Phi) is 3.11. The lowest BCUT2D eigenvalue weighted by Gasteiger charge is -2.09. The van der Waals surface area contributed by atoms with Crippen molar-refractivity contribution in [2.45, 2.75) is 13.5 Å². The molecule has 0 amide bonds. The molecule has 0 bridgehead atoms. The molecule has 2 aromatic rings. The van der Waals surface area contributed by atoms with Gasteiger partial charge in [-0.2, -0.15) is 0 Å². The summed E-state index contributed by atoms with van der Waals surface area (Å²) in [7, 11) is 0. The first-order chi connectivity index (χ1) is 7.66. The quantitative estimate of drug-likeness (QED) is 0.782. The molecule has 0 saturated carbocycles. The smallest absolute Gasteiger partial charge is 0.251 e. The summed E-state index contributed by atoms with van der Waals surface area (Å²) in [4.78, 5) is 11.6. The molecule has 2 rings (SSSR count). The van der Waals surface area contributed by atoms with Crippen LogP contribution in [0.4, 0.5) is 0 Å². The first-order valence-corrected chi connectivity index (χ1v) is 5.45. The molecular formula is C13H12ClNO. The van der Waals surface area contributed by atoms with E-state index in [2.05, 4.69) is 0 Å². The van der Waals surface area contributed by atoms with Gasteiger partial charge in [-0.1, -0.05) is 29.8 Å². The lowest BCUT2D eigenvalue weighted by molar-refractivity contribution is 0.730. The Morgan fingerprint density at radius 3 is 2.44 bits per heavy atom. The molecule has 0 unspecified atom stereocenters. The Bertz CT molecular complexity index is 543. The molecule has 0 radical (unpaired) electrons. The highest BCUT2D eigenvalue weighted by Gasteiger charge is 2.00. The van der Waals surface area contributed by atoms with E-state index in [0.717, 1.165) is 11.3 Å². The number of pyridine rings is 1. The summed E-state index contributed by atoms with van der Waals surface area (Å²) in [5.74, 6) is 0. The van der Waals surface area contributed by atoms with Gasteiger partial charge in [0.25, 0.3) is 5.56 Å². The first-order valence-electron chi connectivity index (χ1n) is 5.08. The van der Waals surface area contributed by atoms with Crippen LogP contribution in [-0.4, -0.2) is 4.57 Å². The van der Waals surface area contributed by atoms with Crippen molar-refractivity contribution in [2.24, 2.45) is 0 Å². The monoisotopic (exact) mass is 233 g/mol. The summed E-state index contributed by atoms with van der Waals surface area (Å²) in [6.45, 7) is 2.51. The average Bonchev–Trinajstić information content (AvgIpc) is 2.26. The molecule has 1 heterocycles. The summed E-state index contributed by atoms with van der Waals surface area (Å²) in [6.07, 6.45) is 0. The fourth-order valence-electron chi connectivity index (χ4n) is 1.60. The van der Waals surface area contributed by atoms with Gasteiger partial charge < -0.3 is 4.57 Å². The van der Waals surface area contributed by atoms with Crippen LogP contribution in [0.25, 0.3) is 0 Å². The lowest BCUT2D eigenvalue weighted by atomic mass is 10.2. The topological polar surface area (TPSA) is 22.0 Å². The number of nitrogens with zero attached hydrogens (tertiary/aromatic N) is 1. The van der Waals surface area contributed by atoms with Crippen LogP contribution in [0.2, 0.25) is 5.02 Å². The van der Waals surface area contributed by atoms with E-state index in [1.54, 1.807) is 16.7 Å². The van der Waals surface area contributed by atoms with Crippen molar-refractivity contribution in [3.8, 4) is 0 Å². The van der Waals surface area contributed by atoms with Gasteiger partial charge in [0, 0.05) is 16.8 Å². The molecule has 16 heavy (non-hydrogen) atoms. The van der Waals surface area contributed by atoms with E-state index in [1.165, 1.54) is 0 Å². The molecular weight excluding hydrogens is 222 g/mol. The molecule has 0 spiro atoms. The van der Waals surface area contributed by atoms with Crippen LogP contribution in [0.15, 0.2) is 47.3 Å². The van der Waals surface area contributed by atoms with E-state index in [0.29, 0.717) is 11.6 Å². The minimum absolute atomic E-state index is 0.0231. The molecule has 0 atom stereocenters. The van der Waals surface area contributed by atoms with Crippen LogP contribution in [0, 0.1) is 6.92 Å². The Labute approximate surface area is 99.1 Å². The molecule has 0 fully saturated rings. The van der Waals surface area contributed by atoms with Crippen molar-refractivity contribution in [3.05, 3.63) is 69.1 Å². The molecule has 3 heteroatoms. The minimum Gasteiger partial charge on any atom is -0.309 e. The Morgan fingerprint density at radius 2 is 1.81 bits per heavy atom. The maximum absolute atomic E-state index is 11.6. The number of aryl methyl sites for hydroxylation is 1. The number of hydrogen-bond donors (Lipinski definition) is 0. The zero-order valence-corrected chi connectivity index (χ0v) is 9.74. The molecule has 82 valence electrons. The Balaban J connectivity index is 2.34. The average molecular weight is 234 g/mol. The largest absolute Gasteiger partial charge is 0.309 e. The molecule has 1 aromatic carbocycles. The van der Waals surface area contributed by atoms with Crippen LogP contribution in [0.3, 0.4) is 0 Å². The van der Waals surface area contributed by atoms with Crippen molar-refractivity contribution in [1.82, 2.24) is 4.57 Å². The maximum atomic E-state index is 11.6. The lowest BCUT2D eigenvalue weighted by Crippen LogP contribution is -2.21. The van der Waals surface area contributed by atoms with Gasteiger partial charge in [-0.3, -0.25) is 4.79 Å². The van der Waals surface area contributed by atoms with E-state index in [-0.39, 0.29) is 5.56 Å². The number of aromatic nitrogens is 1. The highest BCUT2D eigenvalue weighted by Crippen LogP contribution is 2.10. The summed E-state index contributed by atoms with van der Waals surface area (Å²) < 4.78 is 1.74. The first kappa shape index (κ1) is 11.0. The van der Waals surface area contributed by atoms with E-state index in [9.17, 15) is 4.79 Å². The highest BCUT2D eigenvalue weighted by molar-refractivity contribution is 6.30. The summed E-state index contributed by atoms with van der Waals surface area (Å²) in [5, 5.41) is 0.709. The second-order valence-corrected chi connectivity index (χ2v) is 4.15. The summed E-state index contributed by atoms with van der Waals surface area (Å²) in [5.41, 5.74) is 2.05. The van der Waals surface area contributed by atoms with Crippen molar-refractivity contribution in [3.63, 3.8) is 0 Å². The third kappa shape index (κ3) is 2.34. The predicted molar refractivity (Wildman–Crippen MR) is 66.0 cm³/mol. The third-order valence-electron chi connectivity index (χ3n) is 2.52. The van der Waals surface area contributed by atoms with Gasteiger partial charge in [0.15, 0.2) is 0 Å². The van der Waals surface area contributed by atoms with E-state index < -0.39 is 0 Å². The molecule has 0 saturated heterocycles. The van der Waals surface area contributed by atoms with E-state index in [4.69, 9.17) is 11.6 Å². The molecule has 2 nitrogen and oxygen atoms in total. The highest BCUT2D eigenvalue weighted by atomic mass is 35.5. The molecule has 1 aromatic heterocycles. The van der Waals surface area contributed by atoms with Crippen molar-refractivity contribution in [2.75, 3.05) is 0 Å². The van der Waals surface area contributed by atoms with Gasteiger partial charge in [-0.15, -0.1) is 0 Å². The number of hydrogen-bond acceptors (Lipinski definition) is 1. The van der Waals surface area contributed by atoms with Gasteiger partial charge >= 0.3 is 0 Å². The molecule has 0 N–H and O–H groups in total. The van der Waals surface area contributed by atoms with Gasteiger partial charge in [-0.05, 0) is 30.7 Å². The third-order valence-corrected chi connectivity index (χ3v) is 2.77. The number of benzene rings is 1. The SMILES string of the molecule is Cc1cccc(=O)n1Cc1ccc(Cl)cc1. The van der Waals surface area contributed by atoms with Crippen LogP contribution in [0.5, 0.6) is 0 Å². The van der Waals surface area contributed by atoms with Crippen LogP contribution in [-0.2, 0) is 6.54 Å². The predicted octanol–water partition coefficient (Wildman–Crippen LogP) is 2.86. The van der Waals surface area contributed by atoms with Gasteiger partial charge in [0.05, 0.1) is 6.54 Å². The minimum atomic E-state index is 0.0231. The summed E-state index contributed by atoms with van der Waals surface area (Å²) >= 11 is 5.81. The molecule has 0 aliphatic rings. The van der Waals surface area contributed by atoms with Gasteiger partial charge in [-0.25, -0.2) is 0 Å². The Morgan fingerprint density at radius 1 is 1.12 bits per heavy atom. The van der Waals surface area contributed by atoms with E-state index >= 15 is 0 Å². The summed E-state index contributed by atoms with van der Waals surface area (Å²) in [6, 6.07) is 12.8. The second-order valence-electron chi connectivity index (χ2n) is 3.72. The van der Waals surface area contributed by atoms with Crippen LogP contribution < -0.4 is 5.56 Å². The normalized spacial score (nSPS) is 10.4. The number of rotatable bonds is 2. The van der Waals surface area contributed by atoms with Crippen molar-refractivity contribution < 1.29 is 0 Å². The second kappa shape index (κ2) is 4.54. The fraction of sp³-hybridized carbons (Fsp3) is 0.154.